The van der Waals surface area contributed by atoms with Crippen molar-refractivity contribution in [2.24, 2.45) is 0 Å². The van der Waals surface area contributed by atoms with Crippen LogP contribution in [0.5, 0.6) is 0 Å². The lowest BCUT2D eigenvalue weighted by molar-refractivity contribution is -0.00177. The van der Waals surface area contributed by atoms with Crippen molar-refractivity contribution < 1.29 is 18.9 Å². The molecule has 3 rings (SSSR count). The highest BCUT2D eigenvalue weighted by Gasteiger charge is 2.27. The molecule has 0 aliphatic heterocycles. The van der Waals surface area contributed by atoms with Crippen LogP contribution in [0.25, 0.3) is 11.0 Å². The Kier molecular flexibility index (Phi) is 6.16. The Labute approximate surface area is 173 Å². The summed E-state index contributed by atoms with van der Waals surface area (Å²) in [6.07, 6.45) is -0.187. The zero-order chi connectivity index (χ0) is 21.9. The van der Waals surface area contributed by atoms with Gasteiger partial charge in [0.15, 0.2) is 0 Å². The monoisotopic (exact) mass is 416 g/mol. The van der Waals surface area contributed by atoms with Gasteiger partial charge in [0.2, 0.25) is 0 Å². The summed E-state index contributed by atoms with van der Waals surface area (Å²) in [4.78, 5) is 16.9. The molecule has 0 saturated carbocycles. The number of aliphatic hydroxyl groups is 1. The third-order valence-electron chi connectivity index (χ3n) is 4.33. The molecule has 4 N–H and O–H groups in total. The molecule has 30 heavy (non-hydrogen) atoms. The second-order valence-corrected chi connectivity index (χ2v) is 7.84. The molecular weight excluding hydrogens is 391 g/mol. The third kappa shape index (κ3) is 5.20. The lowest BCUT2D eigenvalue weighted by atomic mass is 10.0. The number of carbonyl (C=O) groups excluding carboxylic acids is 1. The van der Waals surface area contributed by atoms with Gasteiger partial charge >= 0.3 is 0 Å². The minimum Gasteiger partial charge on any atom is -0.387 e. The van der Waals surface area contributed by atoms with Crippen LogP contribution < -0.4 is 16.0 Å². The Balaban J connectivity index is 1.79. The van der Waals surface area contributed by atoms with Crippen LogP contribution in [-0.2, 0) is 0 Å². The summed E-state index contributed by atoms with van der Waals surface area (Å²) in [5, 5.41) is 26.1. The van der Waals surface area contributed by atoms with Crippen LogP contribution in [0.3, 0.4) is 0 Å². The summed E-state index contributed by atoms with van der Waals surface area (Å²) in [5.74, 6) is 0.0181. The number of rotatable bonds is 8. The van der Waals surface area contributed by atoms with Crippen LogP contribution in [0.1, 0.15) is 38.1 Å². The molecule has 1 aromatic carbocycles. The molecule has 0 aliphatic carbocycles. The Morgan fingerprint density at radius 2 is 1.97 bits per heavy atom. The van der Waals surface area contributed by atoms with Crippen molar-refractivity contribution in [3.63, 3.8) is 0 Å². The van der Waals surface area contributed by atoms with Gasteiger partial charge < -0.3 is 21.1 Å². The van der Waals surface area contributed by atoms with E-state index < -0.39 is 17.7 Å². The molecule has 2 aromatic heterocycles. The van der Waals surface area contributed by atoms with Gasteiger partial charge in [-0.1, -0.05) is 0 Å². The van der Waals surface area contributed by atoms with E-state index in [-0.39, 0.29) is 18.2 Å². The molecule has 0 spiro atoms. The highest BCUT2D eigenvalue weighted by molar-refractivity contribution is 6.00. The first-order valence-electron chi connectivity index (χ1n) is 9.54. The van der Waals surface area contributed by atoms with Crippen LogP contribution in [0.2, 0.25) is 0 Å². The maximum absolute atomic E-state index is 14.0. The van der Waals surface area contributed by atoms with Gasteiger partial charge in [-0.15, -0.1) is 0 Å². The normalized spacial score (nSPS) is 12.8. The summed E-state index contributed by atoms with van der Waals surface area (Å²) in [6.45, 7) is 6.27. The molecule has 0 bridgehead atoms. The van der Waals surface area contributed by atoms with Crippen LogP contribution in [0, 0.1) is 0 Å². The zero-order valence-electron chi connectivity index (χ0n) is 17.2. The van der Waals surface area contributed by atoms with Crippen molar-refractivity contribution in [1.82, 2.24) is 20.6 Å². The molecule has 10 heteroatoms. The average Bonchev–Trinajstić information content (AvgIpc) is 3.12. The number of hydrogen-bond acceptors (Lipinski definition) is 8. The second kappa shape index (κ2) is 8.62. The minimum absolute atomic E-state index is 0.0506. The molecule has 3 aromatic rings. The number of fused-ring (bicyclic) bond motifs is 1. The molecule has 9 nitrogen and oxygen atoms in total. The summed E-state index contributed by atoms with van der Waals surface area (Å²) >= 11 is 0. The van der Waals surface area contributed by atoms with Gasteiger partial charge in [0.1, 0.15) is 23.0 Å². The number of halogens is 1. The van der Waals surface area contributed by atoms with Crippen LogP contribution in [-0.4, -0.2) is 50.7 Å². The van der Waals surface area contributed by atoms with E-state index in [2.05, 4.69) is 31.2 Å². The second-order valence-electron chi connectivity index (χ2n) is 7.84. The van der Waals surface area contributed by atoms with E-state index in [1.165, 1.54) is 20.0 Å². The fourth-order valence-electron chi connectivity index (χ4n) is 2.67. The summed E-state index contributed by atoms with van der Waals surface area (Å²) < 4.78 is 18.7. The Bertz CT molecular complexity index is 1030. The van der Waals surface area contributed by atoms with Crippen molar-refractivity contribution in [1.29, 1.82) is 0 Å². The number of nitrogens with zero attached hydrogens (tertiary/aromatic N) is 3. The molecule has 1 atom stereocenters. The largest absolute Gasteiger partial charge is 0.387 e. The fraction of sp³-hybridized carbons (Fsp3) is 0.400. The predicted octanol–water partition coefficient (Wildman–Crippen LogP) is 3.02. The van der Waals surface area contributed by atoms with Crippen molar-refractivity contribution in [2.75, 3.05) is 17.2 Å². The lowest BCUT2D eigenvalue weighted by Crippen LogP contribution is -2.42. The standard InChI is InChI=1S/C20H25FN6O3/c1-11(2)24-15-8-18(25-12-5-6-14-16(7-12)27-30-26-14)22-9-13(15)19(28)23-10-17(21)20(3,4)29/h5-9,11,17,29H,10H2,1-4H3,(H,23,28)(H2,22,24,25)/t17-/m1/s1. The molecule has 0 saturated heterocycles. The summed E-state index contributed by atoms with van der Waals surface area (Å²) in [5.41, 5.74) is 1.24. The molecule has 0 radical (unpaired) electrons. The van der Waals surface area contributed by atoms with Crippen molar-refractivity contribution in [2.45, 2.75) is 45.5 Å². The predicted molar refractivity (Wildman–Crippen MR) is 112 cm³/mol. The maximum Gasteiger partial charge on any atom is 0.255 e. The van der Waals surface area contributed by atoms with Crippen molar-refractivity contribution >= 4 is 34.1 Å². The number of carbonyl (C=O) groups is 1. The smallest absolute Gasteiger partial charge is 0.255 e. The van der Waals surface area contributed by atoms with Gasteiger partial charge in [0.25, 0.3) is 5.91 Å². The van der Waals surface area contributed by atoms with E-state index >= 15 is 0 Å². The average molecular weight is 416 g/mol. The van der Waals surface area contributed by atoms with Gasteiger partial charge in [0, 0.05) is 24.0 Å². The lowest BCUT2D eigenvalue weighted by Gasteiger charge is -2.23. The number of amides is 1. The minimum atomic E-state index is -1.60. The van der Waals surface area contributed by atoms with Crippen LogP contribution in [0.4, 0.5) is 21.6 Å². The Morgan fingerprint density at radius 3 is 2.67 bits per heavy atom. The topological polar surface area (TPSA) is 125 Å². The first kappa shape index (κ1) is 21.4. The van der Waals surface area contributed by atoms with Gasteiger partial charge in [-0.25, -0.2) is 14.0 Å². The third-order valence-corrected chi connectivity index (χ3v) is 4.33. The van der Waals surface area contributed by atoms with E-state index in [0.29, 0.717) is 22.5 Å². The van der Waals surface area contributed by atoms with E-state index in [9.17, 15) is 14.3 Å². The van der Waals surface area contributed by atoms with Gasteiger partial charge in [0.05, 0.1) is 23.4 Å². The van der Waals surface area contributed by atoms with Crippen molar-refractivity contribution in [3.8, 4) is 0 Å². The molecule has 0 aliphatic rings. The summed E-state index contributed by atoms with van der Waals surface area (Å²) in [6, 6.07) is 7.08. The highest BCUT2D eigenvalue weighted by atomic mass is 19.1. The van der Waals surface area contributed by atoms with Gasteiger partial charge in [-0.2, -0.15) is 0 Å². The number of hydrogen-bond donors (Lipinski definition) is 4. The zero-order valence-corrected chi connectivity index (χ0v) is 17.2. The first-order chi connectivity index (χ1) is 14.1. The number of pyridine rings is 1. The highest BCUT2D eigenvalue weighted by Crippen LogP contribution is 2.24. The Morgan fingerprint density at radius 1 is 1.23 bits per heavy atom. The van der Waals surface area contributed by atoms with Crippen LogP contribution in [0.15, 0.2) is 35.1 Å². The maximum atomic E-state index is 14.0. The van der Waals surface area contributed by atoms with E-state index in [1.54, 1.807) is 18.2 Å². The molecule has 0 unspecified atom stereocenters. The number of benzene rings is 1. The quantitative estimate of drug-likeness (QED) is 0.442. The molecule has 160 valence electrons. The fourth-order valence-corrected chi connectivity index (χ4v) is 2.67. The van der Waals surface area contributed by atoms with Gasteiger partial charge in [-0.05, 0) is 56.2 Å². The Hall–Kier alpha value is -3.27. The number of anilines is 3. The molecule has 2 heterocycles. The number of aromatic nitrogens is 3. The molecule has 0 fully saturated rings. The summed E-state index contributed by atoms with van der Waals surface area (Å²) in [7, 11) is 0. The number of nitrogens with one attached hydrogen (secondary N) is 3. The van der Waals surface area contributed by atoms with E-state index in [4.69, 9.17) is 4.63 Å². The molecular formula is C20H25FN6O3. The van der Waals surface area contributed by atoms with Crippen LogP contribution >= 0.6 is 0 Å². The van der Waals surface area contributed by atoms with Gasteiger partial charge in [-0.3, -0.25) is 4.79 Å². The molecule has 1 amide bonds. The van der Waals surface area contributed by atoms with E-state index in [1.807, 2.05) is 19.9 Å². The number of alkyl halides is 1. The van der Waals surface area contributed by atoms with Crippen molar-refractivity contribution in [3.05, 3.63) is 36.0 Å². The first-order valence-corrected chi connectivity index (χ1v) is 9.54. The van der Waals surface area contributed by atoms with E-state index in [0.717, 1.165) is 5.69 Å². The SMILES string of the molecule is CC(C)Nc1cc(Nc2ccc3nonc3c2)ncc1C(=O)NC[C@@H](F)C(C)(C)O.